The van der Waals surface area contributed by atoms with Crippen molar-refractivity contribution in [1.82, 2.24) is 19.3 Å². The van der Waals surface area contributed by atoms with Crippen LogP contribution in [-0.2, 0) is 13.5 Å². The number of benzene rings is 1. The molecule has 2 heterocycles. The molecule has 98 valence electrons. The van der Waals surface area contributed by atoms with Gasteiger partial charge in [-0.15, -0.1) is 11.6 Å². The van der Waals surface area contributed by atoms with Gasteiger partial charge in [0.2, 0.25) is 0 Å². The Bertz CT molecular complexity index is 726. The molecular weight excluding hydrogens is 260 g/mol. The summed E-state index contributed by atoms with van der Waals surface area (Å²) in [6.45, 7) is 2.09. The largest absolute Gasteiger partial charge is 0.279 e. The first kappa shape index (κ1) is 12.2. The summed E-state index contributed by atoms with van der Waals surface area (Å²) in [4.78, 5) is 4.68. The van der Waals surface area contributed by atoms with E-state index in [2.05, 4.69) is 27.6 Å². The first-order chi connectivity index (χ1) is 9.20. The van der Waals surface area contributed by atoms with Crippen LogP contribution in [0.3, 0.4) is 0 Å². The van der Waals surface area contributed by atoms with Crippen LogP contribution >= 0.6 is 11.6 Å². The quantitative estimate of drug-likeness (QED) is 0.689. The number of para-hydroxylation sites is 1. The van der Waals surface area contributed by atoms with Crippen molar-refractivity contribution in [1.29, 1.82) is 0 Å². The number of aryl methyl sites for hydroxylation is 3. The first-order valence-corrected chi connectivity index (χ1v) is 6.77. The Labute approximate surface area is 116 Å². The van der Waals surface area contributed by atoms with Crippen molar-refractivity contribution < 1.29 is 0 Å². The number of alkyl halides is 1. The monoisotopic (exact) mass is 274 g/mol. The van der Waals surface area contributed by atoms with E-state index in [0.29, 0.717) is 5.88 Å². The van der Waals surface area contributed by atoms with E-state index >= 15 is 0 Å². The van der Waals surface area contributed by atoms with Crippen LogP contribution in [-0.4, -0.2) is 25.2 Å². The Morgan fingerprint density at radius 3 is 2.79 bits per heavy atom. The summed E-state index contributed by atoms with van der Waals surface area (Å²) in [5, 5.41) is 4.48. The van der Waals surface area contributed by atoms with Crippen molar-refractivity contribution in [2.24, 2.45) is 7.05 Å². The predicted molar refractivity (Wildman–Crippen MR) is 77.0 cm³/mol. The van der Waals surface area contributed by atoms with Crippen molar-refractivity contribution in [3.8, 4) is 5.82 Å². The summed E-state index contributed by atoms with van der Waals surface area (Å²) in [7, 11) is 1.91. The Kier molecular flexibility index (Phi) is 3.03. The highest BCUT2D eigenvalue weighted by molar-refractivity contribution is 6.17. The average Bonchev–Trinajstić information content (AvgIpc) is 2.94. The number of aromatic nitrogens is 4. The van der Waals surface area contributed by atoms with Crippen LogP contribution in [0.4, 0.5) is 0 Å². The first-order valence-electron chi connectivity index (χ1n) is 6.23. The van der Waals surface area contributed by atoms with Crippen molar-refractivity contribution in [2.45, 2.75) is 13.3 Å². The summed E-state index contributed by atoms with van der Waals surface area (Å²) in [6.07, 6.45) is 2.66. The van der Waals surface area contributed by atoms with Crippen LogP contribution in [0.5, 0.6) is 0 Å². The van der Waals surface area contributed by atoms with E-state index < -0.39 is 0 Å². The molecule has 0 atom stereocenters. The molecule has 3 rings (SSSR count). The number of imidazole rings is 1. The summed E-state index contributed by atoms with van der Waals surface area (Å²) >= 11 is 5.89. The van der Waals surface area contributed by atoms with Crippen LogP contribution in [0.2, 0.25) is 0 Å². The lowest BCUT2D eigenvalue weighted by Crippen LogP contribution is -2.04. The highest BCUT2D eigenvalue weighted by Gasteiger charge is 2.15. The molecular formula is C14H15ClN4. The Balaban J connectivity index is 2.33. The van der Waals surface area contributed by atoms with Crippen molar-refractivity contribution in [3.05, 3.63) is 41.9 Å². The van der Waals surface area contributed by atoms with Crippen LogP contribution in [0, 0.1) is 6.92 Å². The molecule has 0 N–H and O–H groups in total. The molecule has 0 bridgehead atoms. The van der Waals surface area contributed by atoms with E-state index in [9.17, 15) is 0 Å². The zero-order valence-corrected chi connectivity index (χ0v) is 11.7. The molecule has 0 aliphatic heterocycles. The summed E-state index contributed by atoms with van der Waals surface area (Å²) in [6, 6.07) is 8.14. The van der Waals surface area contributed by atoms with E-state index in [4.69, 9.17) is 11.6 Å². The molecule has 0 radical (unpaired) electrons. The fourth-order valence-corrected chi connectivity index (χ4v) is 2.53. The Morgan fingerprint density at radius 2 is 2.11 bits per heavy atom. The summed E-state index contributed by atoms with van der Waals surface area (Å²) in [5.74, 6) is 2.40. The van der Waals surface area contributed by atoms with Gasteiger partial charge < -0.3 is 0 Å². The van der Waals surface area contributed by atoms with Crippen molar-refractivity contribution in [3.63, 3.8) is 0 Å². The fourth-order valence-electron chi connectivity index (χ4n) is 2.36. The molecule has 0 amide bonds. The van der Waals surface area contributed by atoms with E-state index in [-0.39, 0.29) is 0 Å². The number of hydrogen-bond acceptors (Lipinski definition) is 2. The molecule has 4 nitrogen and oxygen atoms in total. The summed E-state index contributed by atoms with van der Waals surface area (Å²) < 4.78 is 3.90. The normalized spacial score (nSPS) is 11.3. The third-order valence-corrected chi connectivity index (χ3v) is 3.38. The Morgan fingerprint density at radius 1 is 1.26 bits per heavy atom. The molecule has 2 aromatic heterocycles. The van der Waals surface area contributed by atoms with Gasteiger partial charge in [-0.05, 0) is 18.6 Å². The second kappa shape index (κ2) is 4.70. The van der Waals surface area contributed by atoms with E-state index in [1.807, 2.05) is 31.4 Å². The molecule has 0 aliphatic rings. The van der Waals surface area contributed by atoms with Crippen LogP contribution in [0.1, 0.15) is 11.4 Å². The zero-order valence-electron chi connectivity index (χ0n) is 11.0. The van der Waals surface area contributed by atoms with Gasteiger partial charge >= 0.3 is 0 Å². The Hall–Kier alpha value is -1.81. The minimum atomic E-state index is 0.551. The van der Waals surface area contributed by atoms with E-state index in [0.717, 1.165) is 29.1 Å². The average molecular weight is 275 g/mol. The van der Waals surface area contributed by atoms with Gasteiger partial charge in [0.05, 0.1) is 11.0 Å². The van der Waals surface area contributed by atoms with E-state index in [1.54, 1.807) is 4.68 Å². The molecule has 1 aromatic carbocycles. The molecule has 0 saturated heterocycles. The molecule has 0 unspecified atom stereocenters. The van der Waals surface area contributed by atoms with Crippen molar-refractivity contribution >= 4 is 22.6 Å². The number of hydrogen-bond donors (Lipinski definition) is 0. The van der Waals surface area contributed by atoms with Gasteiger partial charge in [0.15, 0.2) is 5.82 Å². The molecule has 3 aromatic rings. The predicted octanol–water partition coefficient (Wildman–Crippen LogP) is 2.85. The smallest absolute Gasteiger partial charge is 0.160 e. The van der Waals surface area contributed by atoms with Gasteiger partial charge in [0.1, 0.15) is 5.82 Å². The number of nitrogens with zero attached hydrogens (tertiary/aromatic N) is 4. The van der Waals surface area contributed by atoms with Gasteiger partial charge in [-0.25, -0.2) is 4.98 Å². The van der Waals surface area contributed by atoms with Crippen LogP contribution < -0.4 is 0 Å². The molecule has 0 fully saturated rings. The van der Waals surface area contributed by atoms with Crippen molar-refractivity contribution in [2.75, 3.05) is 5.88 Å². The third kappa shape index (κ3) is 2.02. The van der Waals surface area contributed by atoms with Crippen LogP contribution in [0.15, 0.2) is 30.5 Å². The number of rotatable bonds is 3. The second-order valence-corrected chi connectivity index (χ2v) is 4.97. The summed E-state index contributed by atoms with van der Waals surface area (Å²) in [5.41, 5.74) is 3.29. The van der Waals surface area contributed by atoms with Gasteiger partial charge in [-0.3, -0.25) is 9.25 Å². The van der Waals surface area contributed by atoms with E-state index in [1.165, 1.54) is 5.56 Å². The maximum absolute atomic E-state index is 5.89. The minimum absolute atomic E-state index is 0.551. The number of halogens is 1. The molecule has 0 aliphatic carbocycles. The van der Waals surface area contributed by atoms with Crippen LogP contribution in [0.25, 0.3) is 16.9 Å². The lowest BCUT2D eigenvalue weighted by atomic mass is 10.2. The van der Waals surface area contributed by atoms with Gasteiger partial charge in [0, 0.05) is 31.6 Å². The minimum Gasteiger partial charge on any atom is -0.279 e. The second-order valence-electron chi connectivity index (χ2n) is 4.59. The van der Waals surface area contributed by atoms with Gasteiger partial charge in [-0.1, -0.05) is 12.1 Å². The lowest BCUT2D eigenvalue weighted by molar-refractivity contribution is 0.746. The zero-order chi connectivity index (χ0) is 13.4. The van der Waals surface area contributed by atoms with Gasteiger partial charge in [-0.2, -0.15) is 5.10 Å². The maximum atomic E-state index is 5.89. The SMILES string of the molecule is Cc1cccc2nc(CCCl)n(-c3ccn(C)n3)c12. The topological polar surface area (TPSA) is 35.6 Å². The lowest BCUT2D eigenvalue weighted by Gasteiger charge is -2.06. The number of fused-ring (bicyclic) bond motifs is 1. The third-order valence-electron chi connectivity index (χ3n) is 3.19. The molecule has 0 saturated carbocycles. The maximum Gasteiger partial charge on any atom is 0.160 e. The highest BCUT2D eigenvalue weighted by Crippen LogP contribution is 2.24. The highest BCUT2D eigenvalue weighted by atomic mass is 35.5. The molecule has 5 heteroatoms. The molecule has 0 spiro atoms. The standard InChI is InChI=1S/C14H15ClN4/c1-10-4-3-5-11-14(10)19(12(16-11)6-8-15)13-7-9-18(2)17-13/h3-5,7,9H,6,8H2,1-2H3. The fraction of sp³-hybridized carbons (Fsp3) is 0.286. The molecule has 19 heavy (non-hydrogen) atoms. The van der Waals surface area contributed by atoms with Gasteiger partial charge in [0.25, 0.3) is 0 Å².